The molecule has 1 amide bonds. The van der Waals surface area contributed by atoms with E-state index in [1.165, 1.54) is 0 Å². The van der Waals surface area contributed by atoms with Gasteiger partial charge in [-0.15, -0.1) is 23.2 Å². The van der Waals surface area contributed by atoms with Gasteiger partial charge in [-0.25, -0.2) is 0 Å². The monoisotopic (exact) mass is 195 g/mol. The summed E-state index contributed by atoms with van der Waals surface area (Å²) in [6, 6.07) is 0. The first kappa shape index (κ1) is 9.14. The van der Waals surface area contributed by atoms with Crippen molar-refractivity contribution in [2.75, 3.05) is 13.6 Å². The lowest BCUT2D eigenvalue weighted by Crippen LogP contribution is -2.31. The van der Waals surface area contributed by atoms with E-state index >= 15 is 0 Å². The smallest absolute Gasteiger partial charge is 0.225 e. The third kappa shape index (κ3) is 2.88. The van der Waals surface area contributed by atoms with Crippen LogP contribution in [0.25, 0.3) is 0 Å². The number of carbonyl (C=O) groups is 1. The van der Waals surface area contributed by atoms with E-state index in [-0.39, 0.29) is 11.8 Å². The molecule has 0 spiro atoms. The van der Waals surface area contributed by atoms with Crippen LogP contribution in [0.4, 0.5) is 0 Å². The zero-order valence-electron chi connectivity index (χ0n) is 6.39. The topological polar surface area (TPSA) is 20.3 Å². The van der Waals surface area contributed by atoms with E-state index in [0.29, 0.717) is 6.54 Å². The summed E-state index contributed by atoms with van der Waals surface area (Å²) in [5, 5.41) is 0. The molecule has 0 aliphatic heterocycles. The molecule has 0 bridgehead atoms. The van der Waals surface area contributed by atoms with Crippen molar-refractivity contribution in [3.05, 3.63) is 0 Å². The van der Waals surface area contributed by atoms with Gasteiger partial charge < -0.3 is 4.90 Å². The fourth-order valence-electron chi connectivity index (χ4n) is 0.939. The van der Waals surface area contributed by atoms with Crippen molar-refractivity contribution in [3.63, 3.8) is 0 Å². The maximum atomic E-state index is 11.2. The summed E-state index contributed by atoms with van der Waals surface area (Å²) < 4.78 is 0. The number of rotatable bonds is 3. The van der Waals surface area contributed by atoms with E-state index in [9.17, 15) is 4.79 Å². The van der Waals surface area contributed by atoms with E-state index in [2.05, 4.69) is 0 Å². The molecule has 0 N–H and O–H groups in total. The first-order chi connectivity index (χ1) is 5.11. The normalized spacial score (nSPS) is 17.1. The lowest BCUT2D eigenvalue weighted by atomic mass is 10.3. The first-order valence-electron chi connectivity index (χ1n) is 3.64. The Bertz CT molecular complexity index is 157. The van der Waals surface area contributed by atoms with Crippen LogP contribution in [-0.2, 0) is 4.79 Å². The van der Waals surface area contributed by atoms with Gasteiger partial charge in [0.25, 0.3) is 0 Å². The van der Waals surface area contributed by atoms with Crippen LogP contribution in [0.1, 0.15) is 12.8 Å². The Kier molecular flexibility index (Phi) is 3.02. The average molecular weight is 196 g/mol. The third-order valence-electron chi connectivity index (χ3n) is 1.71. The maximum Gasteiger partial charge on any atom is 0.225 e. The molecule has 4 heteroatoms. The molecule has 0 aromatic rings. The van der Waals surface area contributed by atoms with Crippen LogP contribution in [-0.4, -0.2) is 29.2 Å². The molecule has 0 heterocycles. The molecule has 0 aromatic heterocycles. The number of alkyl halides is 2. The van der Waals surface area contributed by atoms with Crippen LogP contribution in [0.2, 0.25) is 0 Å². The molecule has 1 fully saturated rings. The summed E-state index contributed by atoms with van der Waals surface area (Å²) in [7, 11) is 1.73. The lowest BCUT2D eigenvalue weighted by Gasteiger charge is -2.16. The van der Waals surface area contributed by atoms with Crippen molar-refractivity contribution in [2.45, 2.75) is 17.7 Å². The summed E-state index contributed by atoms with van der Waals surface area (Å²) in [5.74, 6) is 0.434. The van der Waals surface area contributed by atoms with Gasteiger partial charge >= 0.3 is 0 Å². The van der Waals surface area contributed by atoms with Crippen LogP contribution < -0.4 is 0 Å². The molecule has 64 valence electrons. The molecule has 2 nitrogen and oxygen atoms in total. The minimum absolute atomic E-state index is 0.177. The third-order valence-corrected chi connectivity index (χ3v) is 1.99. The van der Waals surface area contributed by atoms with E-state index in [0.717, 1.165) is 12.8 Å². The van der Waals surface area contributed by atoms with Crippen molar-refractivity contribution >= 4 is 29.1 Å². The Morgan fingerprint density at radius 2 is 2.18 bits per heavy atom. The van der Waals surface area contributed by atoms with Gasteiger partial charge in [0.15, 0.2) is 0 Å². The highest BCUT2D eigenvalue weighted by atomic mass is 35.5. The van der Waals surface area contributed by atoms with Crippen LogP contribution in [0.15, 0.2) is 0 Å². The zero-order chi connectivity index (χ0) is 8.43. The highest BCUT2D eigenvalue weighted by Crippen LogP contribution is 2.30. The van der Waals surface area contributed by atoms with Crippen molar-refractivity contribution in [3.8, 4) is 0 Å². The molecule has 1 saturated carbocycles. The van der Waals surface area contributed by atoms with E-state index in [4.69, 9.17) is 23.2 Å². The molecular weight excluding hydrogens is 185 g/mol. The SMILES string of the molecule is CN(CC(Cl)Cl)C(=O)C1CC1. The second-order valence-electron chi connectivity index (χ2n) is 2.88. The van der Waals surface area contributed by atoms with Crippen LogP contribution in [0.5, 0.6) is 0 Å². The molecule has 0 atom stereocenters. The maximum absolute atomic E-state index is 11.2. The minimum atomic E-state index is -0.470. The molecule has 0 unspecified atom stereocenters. The van der Waals surface area contributed by atoms with Crippen LogP contribution in [0.3, 0.4) is 0 Å². The summed E-state index contributed by atoms with van der Waals surface area (Å²) in [6.07, 6.45) is 2.05. The Balaban J connectivity index is 2.27. The first-order valence-corrected chi connectivity index (χ1v) is 4.51. The van der Waals surface area contributed by atoms with Gasteiger partial charge in [-0.1, -0.05) is 0 Å². The van der Waals surface area contributed by atoms with Gasteiger partial charge in [-0.2, -0.15) is 0 Å². The number of nitrogens with zero attached hydrogens (tertiary/aromatic N) is 1. The van der Waals surface area contributed by atoms with Crippen molar-refractivity contribution < 1.29 is 4.79 Å². The standard InChI is InChI=1S/C7H11Cl2NO/c1-10(4-6(8)9)7(11)5-2-3-5/h5-6H,2-4H2,1H3. The fourth-order valence-corrected chi connectivity index (χ4v) is 1.35. The highest BCUT2D eigenvalue weighted by molar-refractivity contribution is 6.44. The number of amides is 1. The summed E-state index contributed by atoms with van der Waals surface area (Å²) >= 11 is 11.0. The van der Waals surface area contributed by atoms with Gasteiger partial charge in [-0.05, 0) is 12.8 Å². The highest BCUT2D eigenvalue weighted by Gasteiger charge is 2.32. The summed E-state index contributed by atoms with van der Waals surface area (Å²) in [6.45, 7) is 0.429. The average Bonchev–Trinajstić information content (AvgIpc) is 2.65. The summed E-state index contributed by atoms with van der Waals surface area (Å²) in [5.41, 5.74) is 0. The van der Waals surface area contributed by atoms with Gasteiger partial charge in [0.1, 0.15) is 4.84 Å². The molecule has 0 radical (unpaired) electrons. The molecule has 1 rings (SSSR count). The predicted molar refractivity (Wildman–Crippen MR) is 45.9 cm³/mol. The van der Waals surface area contributed by atoms with Crippen molar-refractivity contribution in [2.24, 2.45) is 5.92 Å². The second-order valence-corrected chi connectivity index (χ2v) is 4.16. The Hall–Kier alpha value is 0.0500. The van der Waals surface area contributed by atoms with E-state index in [1.807, 2.05) is 0 Å². The fraction of sp³-hybridized carbons (Fsp3) is 0.857. The molecule has 0 aromatic carbocycles. The van der Waals surface area contributed by atoms with Crippen molar-refractivity contribution in [1.29, 1.82) is 0 Å². The lowest BCUT2D eigenvalue weighted by molar-refractivity contribution is -0.131. The van der Waals surface area contributed by atoms with E-state index in [1.54, 1.807) is 11.9 Å². The van der Waals surface area contributed by atoms with E-state index < -0.39 is 4.84 Å². The van der Waals surface area contributed by atoms with Crippen molar-refractivity contribution in [1.82, 2.24) is 4.90 Å². The van der Waals surface area contributed by atoms with Gasteiger partial charge in [-0.3, -0.25) is 4.79 Å². The van der Waals surface area contributed by atoms with Gasteiger partial charge in [0.05, 0.1) is 6.54 Å². The van der Waals surface area contributed by atoms with Gasteiger partial charge in [0, 0.05) is 13.0 Å². The Labute approximate surface area is 76.5 Å². The molecule has 1 aliphatic carbocycles. The second kappa shape index (κ2) is 3.63. The Morgan fingerprint density at radius 3 is 2.55 bits per heavy atom. The molecule has 11 heavy (non-hydrogen) atoms. The zero-order valence-corrected chi connectivity index (χ0v) is 7.90. The predicted octanol–water partition coefficient (Wildman–Crippen LogP) is 1.66. The van der Waals surface area contributed by atoms with Crippen LogP contribution >= 0.6 is 23.2 Å². The summed E-state index contributed by atoms with van der Waals surface area (Å²) in [4.78, 5) is 12.4. The molecule has 0 saturated heterocycles. The number of hydrogen-bond acceptors (Lipinski definition) is 1. The number of hydrogen-bond donors (Lipinski definition) is 0. The Morgan fingerprint density at radius 1 is 1.64 bits per heavy atom. The van der Waals surface area contributed by atoms with Crippen LogP contribution in [0, 0.1) is 5.92 Å². The minimum Gasteiger partial charge on any atom is -0.343 e. The number of carbonyl (C=O) groups excluding carboxylic acids is 1. The number of halogens is 2. The largest absolute Gasteiger partial charge is 0.343 e. The molecular formula is C7H11Cl2NO. The molecule has 1 aliphatic rings. The van der Waals surface area contributed by atoms with Gasteiger partial charge in [0.2, 0.25) is 5.91 Å². The quantitative estimate of drug-likeness (QED) is 0.628.